The highest BCUT2D eigenvalue weighted by molar-refractivity contribution is 5.54. The fraction of sp³-hybridized carbons (Fsp3) is 0.300. The molecule has 2 aromatic rings. The Kier molecular flexibility index (Phi) is 1.48. The minimum absolute atomic E-state index is 0.165. The van der Waals surface area contributed by atoms with Crippen LogP contribution in [-0.2, 0) is 0 Å². The summed E-state index contributed by atoms with van der Waals surface area (Å²) >= 11 is 0. The molecule has 74 valence electrons. The van der Waals surface area contributed by atoms with Crippen LogP contribution in [0.5, 0.6) is 0 Å². The van der Waals surface area contributed by atoms with Crippen molar-refractivity contribution in [1.29, 1.82) is 5.26 Å². The van der Waals surface area contributed by atoms with Crippen molar-refractivity contribution in [1.82, 2.24) is 14.6 Å². The summed E-state index contributed by atoms with van der Waals surface area (Å²) in [6.07, 6.45) is 3.68. The molecule has 0 saturated heterocycles. The Morgan fingerprint density at radius 2 is 2.40 bits per heavy atom. The van der Waals surface area contributed by atoms with Crippen LogP contribution in [0, 0.1) is 11.3 Å². The zero-order valence-electron chi connectivity index (χ0n) is 7.90. The molecule has 2 aromatic heterocycles. The van der Waals surface area contributed by atoms with Gasteiger partial charge in [0.2, 0.25) is 0 Å². The Labute approximate surface area is 85.0 Å². The second-order valence-electron chi connectivity index (χ2n) is 3.76. The molecule has 0 amide bonds. The van der Waals surface area contributed by atoms with E-state index in [9.17, 15) is 4.79 Å². The number of fused-ring (bicyclic) bond motifs is 1. The molecule has 15 heavy (non-hydrogen) atoms. The Balaban J connectivity index is 2.41. The normalized spacial score (nSPS) is 15.4. The van der Waals surface area contributed by atoms with E-state index in [0.29, 0.717) is 17.1 Å². The van der Waals surface area contributed by atoms with Crippen LogP contribution in [0.3, 0.4) is 0 Å². The van der Waals surface area contributed by atoms with E-state index in [1.807, 2.05) is 6.07 Å². The Bertz CT molecular complexity index is 627. The number of aromatic amines is 1. The van der Waals surface area contributed by atoms with Crippen molar-refractivity contribution < 1.29 is 0 Å². The number of rotatable bonds is 1. The van der Waals surface area contributed by atoms with Gasteiger partial charge in [0.1, 0.15) is 11.6 Å². The summed E-state index contributed by atoms with van der Waals surface area (Å²) in [6, 6.07) is 3.58. The first-order chi connectivity index (χ1) is 7.29. The largest absolute Gasteiger partial charge is 0.306 e. The zero-order valence-corrected chi connectivity index (χ0v) is 7.90. The van der Waals surface area contributed by atoms with Gasteiger partial charge in [0.15, 0.2) is 5.65 Å². The average Bonchev–Trinajstić information content (AvgIpc) is 2.98. The van der Waals surface area contributed by atoms with Gasteiger partial charge in [-0.15, -0.1) is 0 Å². The fourth-order valence-corrected chi connectivity index (χ4v) is 1.76. The van der Waals surface area contributed by atoms with Gasteiger partial charge in [-0.05, 0) is 12.8 Å². The van der Waals surface area contributed by atoms with Gasteiger partial charge in [-0.25, -0.2) is 4.52 Å². The first-order valence-corrected chi connectivity index (χ1v) is 4.80. The summed E-state index contributed by atoms with van der Waals surface area (Å²) in [6.45, 7) is 0. The molecule has 5 heteroatoms. The molecular weight excluding hydrogens is 192 g/mol. The van der Waals surface area contributed by atoms with Crippen LogP contribution < -0.4 is 5.56 Å². The smallest absolute Gasteiger partial charge is 0.251 e. The maximum Gasteiger partial charge on any atom is 0.251 e. The Morgan fingerprint density at radius 3 is 3.07 bits per heavy atom. The van der Waals surface area contributed by atoms with Gasteiger partial charge in [0.05, 0.1) is 11.9 Å². The number of hydrogen-bond acceptors (Lipinski definition) is 3. The van der Waals surface area contributed by atoms with Crippen molar-refractivity contribution in [3.8, 4) is 6.07 Å². The molecule has 5 nitrogen and oxygen atoms in total. The van der Waals surface area contributed by atoms with Crippen LogP contribution in [0.15, 0.2) is 17.1 Å². The highest BCUT2D eigenvalue weighted by Crippen LogP contribution is 2.39. The Morgan fingerprint density at radius 1 is 1.60 bits per heavy atom. The van der Waals surface area contributed by atoms with E-state index in [1.54, 1.807) is 10.6 Å². The highest BCUT2D eigenvalue weighted by atomic mass is 16.1. The second-order valence-corrected chi connectivity index (χ2v) is 3.76. The molecule has 1 aliphatic rings. The van der Waals surface area contributed by atoms with E-state index in [0.717, 1.165) is 18.5 Å². The number of nitrogens with one attached hydrogen (secondary N) is 1. The molecule has 0 unspecified atom stereocenters. The molecule has 0 aromatic carbocycles. The van der Waals surface area contributed by atoms with E-state index in [-0.39, 0.29) is 5.56 Å². The number of nitrogens with zero attached hydrogens (tertiary/aromatic N) is 3. The molecule has 0 aliphatic heterocycles. The molecule has 2 heterocycles. The third-order valence-corrected chi connectivity index (χ3v) is 2.65. The van der Waals surface area contributed by atoms with Crippen LogP contribution >= 0.6 is 0 Å². The predicted molar refractivity (Wildman–Crippen MR) is 52.5 cm³/mol. The van der Waals surface area contributed by atoms with E-state index in [4.69, 9.17) is 5.26 Å². The summed E-state index contributed by atoms with van der Waals surface area (Å²) in [5, 5.41) is 13.0. The van der Waals surface area contributed by atoms with E-state index in [1.165, 1.54) is 6.20 Å². The van der Waals surface area contributed by atoms with Gasteiger partial charge in [0.25, 0.3) is 5.56 Å². The molecule has 0 radical (unpaired) electrons. The van der Waals surface area contributed by atoms with Gasteiger partial charge >= 0.3 is 0 Å². The van der Waals surface area contributed by atoms with Crippen LogP contribution in [0.1, 0.15) is 30.0 Å². The van der Waals surface area contributed by atoms with Crippen LogP contribution in [0.2, 0.25) is 0 Å². The topological polar surface area (TPSA) is 74.0 Å². The maximum atomic E-state index is 11.4. The quantitative estimate of drug-likeness (QED) is 0.738. The highest BCUT2D eigenvalue weighted by Gasteiger charge is 2.27. The lowest BCUT2D eigenvalue weighted by molar-refractivity contribution is 0.835. The summed E-state index contributed by atoms with van der Waals surface area (Å²) in [5.74, 6) is 0.432. The molecule has 1 N–H and O–H groups in total. The van der Waals surface area contributed by atoms with Gasteiger partial charge in [-0.1, -0.05) is 0 Å². The summed E-state index contributed by atoms with van der Waals surface area (Å²) in [4.78, 5) is 14.0. The fourth-order valence-electron chi connectivity index (χ4n) is 1.76. The lowest BCUT2D eigenvalue weighted by Crippen LogP contribution is -2.11. The first-order valence-electron chi connectivity index (χ1n) is 4.80. The van der Waals surface area contributed by atoms with Gasteiger partial charge in [-0.2, -0.15) is 10.4 Å². The van der Waals surface area contributed by atoms with Crippen LogP contribution in [0.4, 0.5) is 0 Å². The zero-order chi connectivity index (χ0) is 10.4. The van der Waals surface area contributed by atoms with Crippen molar-refractivity contribution in [3.63, 3.8) is 0 Å². The number of aromatic nitrogens is 3. The lowest BCUT2D eigenvalue weighted by atomic mass is 10.3. The van der Waals surface area contributed by atoms with Crippen molar-refractivity contribution in [3.05, 3.63) is 33.9 Å². The Hall–Kier alpha value is -2.09. The number of hydrogen-bond donors (Lipinski definition) is 1. The number of H-pyrrole nitrogens is 1. The van der Waals surface area contributed by atoms with Gasteiger partial charge in [-0.3, -0.25) is 4.79 Å². The lowest BCUT2D eigenvalue weighted by Gasteiger charge is -2.01. The van der Waals surface area contributed by atoms with Crippen molar-refractivity contribution in [2.24, 2.45) is 0 Å². The summed E-state index contributed by atoms with van der Waals surface area (Å²) in [7, 11) is 0. The minimum Gasteiger partial charge on any atom is -0.306 e. The molecule has 0 atom stereocenters. The summed E-state index contributed by atoms with van der Waals surface area (Å²) < 4.78 is 1.66. The molecule has 0 bridgehead atoms. The third-order valence-electron chi connectivity index (χ3n) is 2.65. The standard InChI is InChI=1S/C10H8N4O/c11-4-7-5-12-14-8(6-1-2-6)3-9(15)13-10(7)14/h3,5-6H,1-2H2,(H,13,15). The van der Waals surface area contributed by atoms with E-state index >= 15 is 0 Å². The predicted octanol–water partition coefficient (Wildman–Crippen LogP) is 0.772. The monoisotopic (exact) mass is 200 g/mol. The van der Waals surface area contributed by atoms with E-state index < -0.39 is 0 Å². The average molecular weight is 200 g/mol. The van der Waals surface area contributed by atoms with Crippen LogP contribution in [0.25, 0.3) is 5.65 Å². The maximum absolute atomic E-state index is 11.4. The minimum atomic E-state index is -0.165. The number of nitriles is 1. The molecule has 0 spiro atoms. The molecule has 3 rings (SSSR count). The third kappa shape index (κ3) is 1.15. The van der Waals surface area contributed by atoms with Crippen LogP contribution in [-0.4, -0.2) is 14.6 Å². The first kappa shape index (κ1) is 8.24. The van der Waals surface area contributed by atoms with Crippen molar-refractivity contribution in [2.45, 2.75) is 18.8 Å². The summed E-state index contributed by atoms with van der Waals surface area (Å²) in [5.41, 5.74) is 1.66. The SMILES string of the molecule is N#Cc1cnn2c(C3CC3)cc(=O)[nH]c12. The molecular formula is C10H8N4O. The van der Waals surface area contributed by atoms with Crippen molar-refractivity contribution >= 4 is 5.65 Å². The van der Waals surface area contributed by atoms with Crippen molar-refractivity contribution in [2.75, 3.05) is 0 Å². The van der Waals surface area contributed by atoms with Gasteiger partial charge < -0.3 is 4.98 Å². The molecule has 1 aliphatic carbocycles. The second kappa shape index (κ2) is 2.70. The van der Waals surface area contributed by atoms with E-state index in [2.05, 4.69) is 10.1 Å². The molecule has 1 fully saturated rings. The van der Waals surface area contributed by atoms with Gasteiger partial charge in [0, 0.05) is 12.0 Å². The molecule has 1 saturated carbocycles.